The van der Waals surface area contributed by atoms with Gasteiger partial charge in [0.15, 0.2) is 0 Å². The molecule has 0 radical (unpaired) electrons. The topological polar surface area (TPSA) is 0 Å². The molecule has 1 saturated carbocycles. The van der Waals surface area contributed by atoms with E-state index in [1.54, 1.807) is 0 Å². The standard InChI is InChI=1S/C8H13F3/c1-5-3-7(4-6(5)2)8(9,10)11/h5-7H,3-4H2,1-2H3/t5-,6+,7?. The first-order valence-corrected chi connectivity index (χ1v) is 3.98. The summed E-state index contributed by atoms with van der Waals surface area (Å²) in [5, 5.41) is 0. The van der Waals surface area contributed by atoms with Crippen molar-refractivity contribution in [1.82, 2.24) is 0 Å². The fraction of sp³-hybridized carbons (Fsp3) is 1.00. The summed E-state index contributed by atoms with van der Waals surface area (Å²) in [6.07, 6.45) is -3.31. The first kappa shape index (κ1) is 8.88. The van der Waals surface area contributed by atoms with E-state index in [9.17, 15) is 13.2 Å². The van der Waals surface area contributed by atoms with Crippen molar-refractivity contribution in [2.45, 2.75) is 32.9 Å². The second-order valence-electron chi connectivity index (χ2n) is 3.66. The van der Waals surface area contributed by atoms with Crippen molar-refractivity contribution < 1.29 is 13.2 Å². The minimum Gasteiger partial charge on any atom is -0.171 e. The Kier molecular flexibility index (Phi) is 2.17. The Morgan fingerprint density at radius 3 is 1.55 bits per heavy atom. The minimum absolute atomic E-state index is 0.238. The maximum absolute atomic E-state index is 12.1. The lowest BCUT2D eigenvalue weighted by Crippen LogP contribution is -2.19. The molecule has 0 spiro atoms. The van der Waals surface area contributed by atoms with Crippen LogP contribution in [0.25, 0.3) is 0 Å². The van der Waals surface area contributed by atoms with Gasteiger partial charge in [-0.25, -0.2) is 0 Å². The first-order valence-electron chi connectivity index (χ1n) is 3.98. The van der Waals surface area contributed by atoms with Crippen LogP contribution in [0.5, 0.6) is 0 Å². The predicted octanol–water partition coefficient (Wildman–Crippen LogP) is 3.23. The molecule has 1 aliphatic rings. The molecule has 3 heteroatoms. The molecule has 0 amide bonds. The lowest BCUT2D eigenvalue weighted by Gasteiger charge is -2.13. The summed E-state index contributed by atoms with van der Waals surface area (Å²) in [7, 11) is 0. The van der Waals surface area contributed by atoms with E-state index in [2.05, 4.69) is 0 Å². The van der Waals surface area contributed by atoms with E-state index in [0.717, 1.165) is 0 Å². The molecule has 0 aromatic rings. The normalized spacial score (nSPS) is 39.5. The van der Waals surface area contributed by atoms with Crippen LogP contribution < -0.4 is 0 Å². The van der Waals surface area contributed by atoms with Crippen LogP contribution in [0.3, 0.4) is 0 Å². The third kappa shape index (κ3) is 1.88. The van der Waals surface area contributed by atoms with E-state index in [1.807, 2.05) is 13.8 Å². The SMILES string of the molecule is C[C@@H]1CC(C(F)(F)F)C[C@@H]1C. The summed E-state index contributed by atoms with van der Waals surface area (Å²) in [4.78, 5) is 0. The number of rotatable bonds is 0. The largest absolute Gasteiger partial charge is 0.391 e. The second-order valence-corrected chi connectivity index (χ2v) is 3.66. The van der Waals surface area contributed by atoms with Gasteiger partial charge in [-0.15, -0.1) is 0 Å². The molecule has 0 bridgehead atoms. The summed E-state index contributed by atoms with van der Waals surface area (Å²) in [6, 6.07) is 0. The van der Waals surface area contributed by atoms with Crippen molar-refractivity contribution in [2.24, 2.45) is 17.8 Å². The average molecular weight is 166 g/mol. The molecule has 1 aliphatic carbocycles. The van der Waals surface area contributed by atoms with Gasteiger partial charge < -0.3 is 0 Å². The van der Waals surface area contributed by atoms with Gasteiger partial charge in [0.1, 0.15) is 0 Å². The van der Waals surface area contributed by atoms with Crippen molar-refractivity contribution in [3.05, 3.63) is 0 Å². The molecule has 1 rings (SSSR count). The summed E-state index contributed by atoms with van der Waals surface area (Å²) in [5.41, 5.74) is 0. The van der Waals surface area contributed by atoms with E-state index in [4.69, 9.17) is 0 Å². The fourth-order valence-electron chi connectivity index (χ4n) is 1.73. The lowest BCUT2D eigenvalue weighted by molar-refractivity contribution is -0.173. The summed E-state index contributed by atoms with van der Waals surface area (Å²) >= 11 is 0. The van der Waals surface area contributed by atoms with Gasteiger partial charge in [-0.1, -0.05) is 13.8 Å². The molecule has 0 heterocycles. The van der Waals surface area contributed by atoms with Crippen molar-refractivity contribution in [3.63, 3.8) is 0 Å². The van der Waals surface area contributed by atoms with Crippen LogP contribution >= 0.6 is 0 Å². The van der Waals surface area contributed by atoms with Crippen molar-refractivity contribution in [1.29, 1.82) is 0 Å². The molecule has 0 N–H and O–H groups in total. The van der Waals surface area contributed by atoms with Gasteiger partial charge in [-0.2, -0.15) is 13.2 Å². The van der Waals surface area contributed by atoms with Crippen LogP contribution in [0.4, 0.5) is 13.2 Å². The Morgan fingerprint density at radius 1 is 1.00 bits per heavy atom. The van der Waals surface area contributed by atoms with E-state index in [1.165, 1.54) is 0 Å². The van der Waals surface area contributed by atoms with Gasteiger partial charge in [-0.05, 0) is 24.7 Å². The monoisotopic (exact) mass is 166 g/mol. The molecule has 0 aliphatic heterocycles. The highest BCUT2D eigenvalue weighted by atomic mass is 19.4. The number of alkyl halides is 3. The van der Waals surface area contributed by atoms with E-state index in [0.29, 0.717) is 12.8 Å². The van der Waals surface area contributed by atoms with Crippen molar-refractivity contribution >= 4 is 0 Å². The maximum Gasteiger partial charge on any atom is 0.391 e. The van der Waals surface area contributed by atoms with Crippen molar-refractivity contribution in [3.8, 4) is 0 Å². The Hall–Kier alpha value is -0.210. The quantitative estimate of drug-likeness (QED) is 0.518. The molecular formula is C8H13F3. The van der Waals surface area contributed by atoms with Gasteiger partial charge in [-0.3, -0.25) is 0 Å². The van der Waals surface area contributed by atoms with E-state index >= 15 is 0 Å². The molecule has 3 atom stereocenters. The van der Waals surface area contributed by atoms with Crippen LogP contribution in [0, 0.1) is 17.8 Å². The molecule has 0 aromatic heterocycles. The zero-order valence-electron chi connectivity index (χ0n) is 6.78. The summed E-state index contributed by atoms with van der Waals surface area (Å²) in [5.74, 6) is -0.559. The zero-order chi connectivity index (χ0) is 8.65. The Balaban J connectivity index is 2.54. The summed E-state index contributed by atoms with van der Waals surface area (Å²) < 4.78 is 36.3. The summed E-state index contributed by atoms with van der Waals surface area (Å²) in [6.45, 7) is 3.80. The Bertz CT molecular complexity index is 129. The van der Waals surface area contributed by atoms with Crippen LogP contribution in [0.1, 0.15) is 26.7 Å². The van der Waals surface area contributed by atoms with Gasteiger partial charge in [0, 0.05) is 0 Å². The molecule has 1 fully saturated rings. The molecule has 0 aromatic carbocycles. The maximum atomic E-state index is 12.1. The third-order valence-corrected chi connectivity index (χ3v) is 2.75. The number of hydrogen-bond acceptors (Lipinski definition) is 0. The number of hydrogen-bond donors (Lipinski definition) is 0. The van der Waals surface area contributed by atoms with Crippen LogP contribution in [-0.2, 0) is 0 Å². The van der Waals surface area contributed by atoms with Gasteiger partial charge >= 0.3 is 6.18 Å². The van der Waals surface area contributed by atoms with Gasteiger partial charge in [0.2, 0.25) is 0 Å². The molecular weight excluding hydrogens is 153 g/mol. The predicted molar refractivity (Wildman–Crippen MR) is 37.1 cm³/mol. The molecule has 1 unspecified atom stereocenters. The van der Waals surface area contributed by atoms with Gasteiger partial charge in [0.25, 0.3) is 0 Å². The molecule has 0 saturated heterocycles. The third-order valence-electron chi connectivity index (χ3n) is 2.75. The highest BCUT2D eigenvalue weighted by Crippen LogP contribution is 2.44. The Labute approximate surface area is 64.8 Å². The Morgan fingerprint density at radius 2 is 1.36 bits per heavy atom. The van der Waals surface area contributed by atoms with Crippen LogP contribution in [0.15, 0.2) is 0 Å². The fourth-order valence-corrected chi connectivity index (χ4v) is 1.73. The average Bonchev–Trinajstić information content (AvgIpc) is 2.11. The zero-order valence-corrected chi connectivity index (χ0v) is 6.78. The second kappa shape index (κ2) is 2.68. The number of halogens is 3. The van der Waals surface area contributed by atoms with E-state index < -0.39 is 12.1 Å². The van der Waals surface area contributed by atoms with Crippen LogP contribution in [0.2, 0.25) is 0 Å². The molecule has 0 nitrogen and oxygen atoms in total. The minimum atomic E-state index is -3.96. The van der Waals surface area contributed by atoms with E-state index in [-0.39, 0.29) is 11.8 Å². The van der Waals surface area contributed by atoms with Gasteiger partial charge in [0.05, 0.1) is 5.92 Å². The highest BCUT2D eigenvalue weighted by molar-refractivity contribution is 4.82. The first-order chi connectivity index (χ1) is 4.91. The van der Waals surface area contributed by atoms with Crippen LogP contribution in [-0.4, -0.2) is 6.18 Å². The molecule has 66 valence electrons. The highest BCUT2D eigenvalue weighted by Gasteiger charge is 2.45. The molecule has 11 heavy (non-hydrogen) atoms. The lowest BCUT2D eigenvalue weighted by atomic mass is 10.0. The smallest absolute Gasteiger partial charge is 0.171 e. The van der Waals surface area contributed by atoms with Crippen molar-refractivity contribution in [2.75, 3.05) is 0 Å².